The van der Waals surface area contributed by atoms with Gasteiger partial charge in [0, 0.05) is 32.1 Å². The van der Waals surface area contributed by atoms with Gasteiger partial charge in [0.25, 0.3) is 0 Å². The molecule has 1 aliphatic heterocycles. The lowest BCUT2D eigenvalue weighted by molar-refractivity contribution is -0.133. The van der Waals surface area contributed by atoms with Crippen molar-refractivity contribution in [1.82, 2.24) is 9.80 Å². The highest BCUT2D eigenvalue weighted by molar-refractivity contribution is 5.76. The third-order valence-electron chi connectivity index (χ3n) is 3.88. The Balaban J connectivity index is 1.87. The molecule has 0 spiro atoms. The SMILES string of the molecule is CC1CN(C(=O)CCc2ccccc2F)CCN1C. The molecule has 3 nitrogen and oxygen atoms in total. The molecule has 0 saturated carbocycles. The summed E-state index contributed by atoms with van der Waals surface area (Å²) in [5.41, 5.74) is 0.623. The van der Waals surface area contributed by atoms with Crippen LogP contribution in [0.3, 0.4) is 0 Å². The number of carbonyl (C=O) groups is 1. The van der Waals surface area contributed by atoms with Gasteiger partial charge in [-0.1, -0.05) is 18.2 Å². The van der Waals surface area contributed by atoms with Crippen LogP contribution in [0.2, 0.25) is 0 Å². The van der Waals surface area contributed by atoms with Gasteiger partial charge in [0.1, 0.15) is 5.82 Å². The van der Waals surface area contributed by atoms with Crippen LogP contribution < -0.4 is 0 Å². The van der Waals surface area contributed by atoms with E-state index in [1.807, 2.05) is 4.90 Å². The zero-order valence-corrected chi connectivity index (χ0v) is 11.6. The Bertz CT molecular complexity index is 450. The van der Waals surface area contributed by atoms with Gasteiger partial charge in [0.2, 0.25) is 5.91 Å². The number of carbonyl (C=O) groups excluding carboxylic acids is 1. The molecule has 0 aliphatic carbocycles. The maximum atomic E-state index is 13.5. The fourth-order valence-corrected chi connectivity index (χ4v) is 2.38. The maximum absolute atomic E-state index is 13.5. The van der Waals surface area contributed by atoms with Crippen LogP contribution in [0.15, 0.2) is 24.3 Å². The van der Waals surface area contributed by atoms with Crippen molar-refractivity contribution < 1.29 is 9.18 Å². The Labute approximate surface area is 114 Å². The molecule has 0 bridgehead atoms. The molecule has 0 aromatic heterocycles. The molecule has 4 heteroatoms. The van der Waals surface area contributed by atoms with E-state index in [9.17, 15) is 9.18 Å². The average molecular weight is 264 g/mol. The van der Waals surface area contributed by atoms with E-state index < -0.39 is 0 Å². The van der Waals surface area contributed by atoms with Gasteiger partial charge in [0.15, 0.2) is 0 Å². The van der Waals surface area contributed by atoms with Gasteiger partial charge in [-0.25, -0.2) is 4.39 Å². The van der Waals surface area contributed by atoms with E-state index in [1.165, 1.54) is 6.07 Å². The third kappa shape index (κ3) is 3.53. The molecule has 1 heterocycles. The van der Waals surface area contributed by atoms with Crippen LogP contribution in [0, 0.1) is 5.82 Å². The average Bonchev–Trinajstić information content (AvgIpc) is 2.40. The minimum atomic E-state index is -0.220. The molecule has 2 rings (SSSR count). The highest BCUT2D eigenvalue weighted by Crippen LogP contribution is 2.12. The normalized spacial score (nSPS) is 20.6. The number of hydrogen-bond donors (Lipinski definition) is 0. The topological polar surface area (TPSA) is 23.6 Å². The largest absolute Gasteiger partial charge is 0.340 e. The monoisotopic (exact) mass is 264 g/mol. The van der Waals surface area contributed by atoms with E-state index in [1.54, 1.807) is 18.2 Å². The second-order valence-corrected chi connectivity index (χ2v) is 5.26. The zero-order valence-electron chi connectivity index (χ0n) is 11.6. The van der Waals surface area contributed by atoms with Crippen LogP contribution >= 0.6 is 0 Å². The van der Waals surface area contributed by atoms with Crippen LogP contribution in [-0.4, -0.2) is 48.4 Å². The molecule has 0 radical (unpaired) electrons. The number of hydrogen-bond acceptors (Lipinski definition) is 2. The summed E-state index contributed by atoms with van der Waals surface area (Å²) < 4.78 is 13.5. The molecular weight excluding hydrogens is 243 g/mol. The lowest BCUT2D eigenvalue weighted by Gasteiger charge is -2.37. The van der Waals surface area contributed by atoms with Gasteiger partial charge < -0.3 is 9.80 Å². The Morgan fingerprint density at radius 3 is 2.79 bits per heavy atom. The zero-order chi connectivity index (χ0) is 13.8. The number of rotatable bonds is 3. The van der Waals surface area contributed by atoms with Gasteiger partial charge in [-0.3, -0.25) is 4.79 Å². The number of likely N-dealkylation sites (N-methyl/N-ethyl adjacent to an activating group) is 1. The molecule has 19 heavy (non-hydrogen) atoms. The summed E-state index contributed by atoms with van der Waals surface area (Å²) in [6.07, 6.45) is 0.865. The number of aryl methyl sites for hydroxylation is 1. The van der Waals surface area contributed by atoms with Crippen molar-refractivity contribution in [3.05, 3.63) is 35.6 Å². The van der Waals surface area contributed by atoms with Gasteiger partial charge in [0.05, 0.1) is 0 Å². The van der Waals surface area contributed by atoms with E-state index in [0.717, 1.165) is 19.6 Å². The van der Waals surface area contributed by atoms with Crippen LogP contribution in [0.25, 0.3) is 0 Å². The van der Waals surface area contributed by atoms with Crippen molar-refractivity contribution in [2.75, 3.05) is 26.7 Å². The summed E-state index contributed by atoms with van der Waals surface area (Å²) in [5.74, 6) is -0.0924. The van der Waals surface area contributed by atoms with Crippen molar-refractivity contribution in [3.63, 3.8) is 0 Å². The molecule has 1 saturated heterocycles. The summed E-state index contributed by atoms with van der Waals surface area (Å²) in [4.78, 5) is 16.3. The molecule has 1 unspecified atom stereocenters. The first-order chi connectivity index (χ1) is 9.08. The maximum Gasteiger partial charge on any atom is 0.223 e. The summed E-state index contributed by atoms with van der Waals surface area (Å²) >= 11 is 0. The summed E-state index contributed by atoms with van der Waals surface area (Å²) in [7, 11) is 2.08. The molecule has 1 atom stereocenters. The number of amides is 1. The highest BCUT2D eigenvalue weighted by atomic mass is 19.1. The second kappa shape index (κ2) is 6.15. The minimum absolute atomic E-state index is 0.128. The van der Waals surface area contributed by atoms with E-state index in [2.05, 4.69) is 18.9 Å². The number of halogens is 1. The quantitative estimate of drug-likeness (QED) is 0.832. The number of nitrogens with zero attached hydrogens (tertiary/aromatic N) is 2. The van der Waals surface area contributed by atoms with Crippen LogP contribution in [0.5, 0.6) is 0 Å². The summed E-state index contributed by atoms with van der Waals surface area (Å²) in [6, 6.07) is 7.06. The summed E-state index contributed by atoms with van der Waals surface area (Å²) in [5, 5.41) is 0. The second-order valence-electron chi connectivity index (χ2n) is 5.26. The predicted octanol–water partition coefficient (Wildman–Crippen LogP) is 1.92. The molecule has 1 aliphatic rings. The third-order valence-corrected chi connectivity index (χ3v) is 3.88. The lowest BCUT2D eigenvalue weighted by Crippen LogP contribution is -2.52. The molecule has 0 N–H and O–H groups in total. The van der Waals surface area contributed by atoms with Crippen molar-refractivity contribution in [2.45, 2.75) is 25.8 Å². The smallest absolute Gasteiger partial charge is 0.223 e. The van der Waals surface area contributed by atoms with Gasteiger partial charge in [-0.05, 0) is 32.0 Å². The Hall–Kier alpha value is -1.42. The molecule has 1 amide bonds. The molecular formula is C15H21FN2O. The first kappa shape index (κ1) is 14.0. The van der Waals surface area contributed by atoms with E-state index in [-0.39, 0.29) is 11.7 Å². The standard InChI is InChI=1S/C15H21FN2O/c1-12-11-18(10-9-17(12)2)15(19)8-7-13-5-3-4-6-14(13)16/h3-6,12H,7-11H2,1-2H3. The van der Waals surface area contributed by atoms with Crippen molar-refractivity contribution >= 4 is 5.91 Å². The van der Waals surface area contributed by atoms with Crippen LogP contribution in [-0.2, 0) is 11.2 Å². The Kier molecular flexibility index (Phi) is 4.53. The van der Waals surface area contributed by atoms with Gasteiger partial charge >= 0.3 is 0 Å². The summed E-state index contributed by atoms with van der Waals surface area (Å²) in [6.45, 7) is 4.58. The molecule has 1 aromatic carbocycles. The van der Waals surface area contributed by atoms with Crippen LogP contribution in [0.1, 0.15) is 18.9 Å². The fraction of sp³-hybridized carbons (Fsp3) is 0.533. The molecule has 1 fully saturated rings. The van der Waals surface area contributed by atoms with Crippen molar-refractivity contribution in [3.8, 4) is 0 Å². The van der Waals surface area contributed by atoms with E-state index in [4.69, 9.17) is 0 Å². The Morgan fingerprint density at radius 2 is 2.11 bits per heavy atom. The number of piperazine rings is 1. The predicted molar refractivity (Wildman–Crippen MR) is 73.4 cm³/mol. The van der Waals surface area contributed by atoms with Gasteiger partial charge in [-0.2, -0.15) is 0 Å². The highest BCUT2D eigenvalue weighted by Gasteiger charge is 2.23. The Morgan fingerprint density at radius 1 is 1.37 bits per heavy atom. The lowest BCUT2D eigenvalue weighted by atomic mass is 10.1. The first-order valence-electron chi connectivity index (χ1n) is 6.79. The van der Waals surface area contributed by atoms with E-state index in [0.29, 0.717) is 24.4 Å². The first-order valence-corrected chi connectivity index (χ1v) is 6.79. The molecule has 1 aromatic rings. The van der Waals surface area contributed by atoms with Crippen LogP contribution in [0.4, 0.5) is 4.39 Å². The fourth-order valence-electron chi connectivity index (χ4n) is 2.38. The number of benzene rings is 1. The van der Waals surface area contributed by atoms with Crippen molar-refractivity contribution in [1.29, 1.82) is 0 Å². The van der Waals surface area contributed by atoms with Crippen molar-refractivity contribution in [2.24, 2.45) is 0 Å². The van der Waals surface area contributed by atoms with E-state index >= 15 is 0 Å². The molecule has 104 valence electrons. The van der Waals surface area contributed by atoms with Gasteiger partial charge in [-0.15, -0.1) is 0 Å². The minimum Gasteiger partial charge on any atom is -0.340 e.